The lowest BCUT2D eigenvalue weighted by atomic mass is 9.93. The minimum Gasteiger partial charge on any atom is -0.376 e. The van der Waals surface area contributed by atoms with Crippen LogP contribution < -0.4 is 10.2 Å². The van der Waals surface area contributed by atoms with E-state index in [1.165, 1.54) is 17.7 Å². The van der Waals surface area contributed by atoms with Crippen LogP contribution in [0, 0.1) is 0 Å². The Labute approximate surface area is 119 Å². The summed E-state index contributed by atoms with van der Waals surface area (Å²) in [6.07, 6.45) is 9.19. The third-order valence-corrected chi connectivity index (χ3v) is 3.99. The van der Waals surface area contributed by atoms with E-state index in [1.54, 1.807) is 0 Å². The van der Waals surface area contributed by atoms with E-state index in [0.29, 0.717) is 6.04 Å². The Balaban J connectivity index is 1.90. The first kappa shape index (κ1) is 13.0. The fourth-order valence-electron chi connectivity index (χ4n) is 2.93. The van der Waals surface area contributed by atoms with Gasteiger partial charge in [0.15, 0.2) is 0 Å². The summed E-state index contributed by atoms with van der Waals surface area (Å²) in [6, 6.07) is 2.37. The Hall–Kier alpha value is -2.04. The highest BCUT2D eigenvalue weighted by molar-refractivity contribution is 5.68. The van der Waals surface area contributed by atoms with Gasteiger partial charge in [0.05, 0.1) is 29.8 Å². The van der Waals surface area contributed by atoms with E-state index in [9.17, 15) is 0 Å². The normalized spacial score (nSPS) is 17.6. The van der Waals surface area contributed by atoms with E-state index in [2.05, 4.69) is 34.4 Å². The predicted molar refractivity (Wildman–Crippen MR) is 81.1 cm³/mol. The summed E-state index contributed by atoms with van der Waals surface area (Å²) in [5.74, 6) is 0. The summed E-state index contributed by atoms with van der Waals surface area (Å²) >= 11 is 0. The summed E-state index contributed by atoms with van der Waals surface area (Å²) in [4.78, 5) is 6.35. The largest absolute Gasteiger partial charge is 0.376 e. The van der Waals surface area contributed by atoms with Gasteiger partial charge in [0, 0.05) is 38.6 Å². The van der Waals surface area contributed by atoms with Gasteiger partial charge in [-0.3, -0.25) is 9.67 Å². The van der Waals surface area contributed by atoms with E-state index in [4.69, 9.17) is 0 Å². The molecule has 2 heterocycles. The van der Waals surface area contributed by atoms with Crippen LogP contribution in [0.25, 0.3) is 0 Å². The Morgan fingerprint density at radius 2 is 2.20 bits per heavy atom. The molecule has 2 aromatic heterocycles. The van der Waals surface area contributed by atoms with Crippen LogP contribution >= 0.6 is 0 Å². The maximum Gasteiger partial charge on any atom is 0.0769 e. The van der Waals surface area contributed by atoms with Crippen LogP contribution in [0.3, 0.4) is 0 Å². The van der Waals surface area contributed by atoms with Crippen molar-refractivity contribution in [1.82, 2.24) is 14.8 Å². The topological polar surface area (TPSA) is 46.0 Å². The third kappa shape index (κ3) is 2.24. The van der Waals surface area contributed by atoms with Gasteiger partial charge in [0.2, 0.25) is 0 Å². The average molecular weight is 271 g/mol. The molecular weight excluding hydrogens is 250 g/mol. The summed E-state index contributed by atoms with van der Waals surface area (Å²) in [5, 5.41) is 8.04. The zero-order valence-corrected chi connectivity index (χ0v) is 12.3. The number of fused-ring (bicyclic) bond motifs is 1. The lowest BCUT2D eigenvalue weighted by molar-refractivity contribution is 0.571. The highest BCUT2D eigenvalue weighted by atomic mass is 15.3. The van der Waals surface area contributed by atoms with E-state index < -0.39 is 0 Å². The van der Waals surface area contributed by atoms with E-state index in [0.717, 1.165) is 24.2 Å². The molecule has 1 N–H and O–H groups in total. The Morgan fingerprint density at radius 3 is 3.00 bits per heavy atom. The molecule has 0 aliphatic heterocycles. The van der Waals surface area contributed by atoms with Gasteiger partial charge < -0.3 is 10.2 Å². The first-order valence-electron chi connectivity index (χ1n) is 7.05. The Bertz CT molecular complexity index is 602. The molecule has 0 radical (unpaired) electrons. The molecule has 0 spiro atoms. The maximum atomic E-state index is 4.40. The van der Waals surface area contributed by atoms with Crippen LogP contribution in [-0.2, 0) is 13.5 Å². The molecule has 5 nitrogen and oxygen atoms in total. The van der Waals surface area contributed by atoms with Crippen molar-refractivity contribution in [2.45, 2.75) is 25.3 Å². The van der Waals surface area contributed by atoms with Gasteiger partial charge in [-0.1, -0.05) is 0 Å². The molecule has 106 valence electrons. The monoisotopic (exact) mass is 271 g/mol. The molecule has 1 unspecified atom stereocenters. The number of nitrogens with one attached hydrogen (secondary N) is 1. The smallest absolute Gasteiger partial charge is 0.0769 e. The number of aryl methyl sites for hydroxylation is 1. The van der Waals surface area contributed by atoms with Gasteiger partial charge in [0.1, 0.15) is 0 Å². The number of aromatic nitrogens is 3. The Morgan fingerprint density at radius 1 is 1.35 bits per heavy atom. The van der Waals surface area contributed by atoms with Crippen LogP contribution in [0.2, 0.25) is 0 Å². The molecule has 0 bridgehead atoms. The second kappa shape index (κ2) is 5.15. The first-order valence-corrected chi connectivity index (χ1v) is 7.05. The molecule has 20 heavy (non-hydrogen) atoms. The second-order valence-corrected chi connectivity index (χ2v) is 5.55. The van der Waals surface area contributed by atoms with E-state index >= 15 is 0 Å². The van der Waals surface area contributed by atoms with Gasteiger partial charge >= 0.3 is 0 Å². The quantitative estimate of drug-likeness (QED) is 0.931. The van der Waals surface area contributed by atoms with Gasteiger partial charge in [-0.2, -0.15) is 5.10 Å². The van der Waals surface area contributed by atoms with E-state index in [-0.39, 0.29) is 0 Å². The van der Waals surface area contributed by atoms with Gasteiger partial charge in [0.25, 0.3) is 0 Å². The van der Waals surface area contributed by atoms with Crippen molar-refractivity contribution >= 4 is 11.4 Å². The molecule has 3 rings (SSSR count). The van der Waals surface area contributed by atoms with Crippen LogP contribution in [0.15, 0.2) is 24.7 Å². The van der Waals surface area contributed by atoms with Crippen LogP contribution in [-0.4, -0.2) is 28.9 Å². The zero-order valence-electron chi connectivity index (χ0n) is 12.3. The molecule has 1 atom stereocenters. The number of pyridine rings is 1. The first-order chi connectivity index (χ1) is 9.66. The fourth-order valence-corrected chi connectivity index (χ4v) is 2.93. The van der Waals surface area contributed by atoms with Crippen LogP contribution in [0.4, 0.5) is 11.4 Å². The lowest BCUT2D eigenvalue weighted by Crippen LogP contribution is -2.20. The molecule has 1 aliphatic carbocycles. The molecule has 0 saturated carbocycles. The van der Waals surface area contributed by atoms with Crippen LogP contribution in [0.1, 0.15) is 30.1 Å². The fraction of sp³-hybridized carbons (Fsp3) is 0.467. The maximum absolute atomic E-state index is 4.40. The molecule has 5 heteroatoms. The molecule has 1 aliphatic rings. The van der Waals surface area contributed by atoms with Crippen molar-refractivity contribution in [2.24, 2.45) is 7.05 Å². The third-order valence-electron chi connectivity index (χ3n) is 3.99. The minimum atomic E-state index is 0.329. The summed E-state index contributed by atoms with van der Waals surface area (Å²) < 4.78 is 2.00. The summed E-state index contributed by atoms with van der Waals surface area (Å²) in [6.45, 7) is 0. The highest BCUT2D eigenvalue weighted by Gasteiger charge is 2.24. The number of rotatable bonds is 3. The number of anilines is 2. The summed E-state index contributed by atoms with van der Waals surface area (Å²) in [5.41, 5.74) is 4.92. The summed E-state index contributed by atoms with van der Waals surface area (Å²) in [7, 11) is 6.13. The van der Waals surface area contributed by atoms with Crippen LogP contribution in [0.5, 0.6) is 0 Å². The SMILES string of the molecule is CN(C)c1ccncc1NC1CCCc2c1cnn2C. The van der Waals surface area contributed by atoms with Crippen molar-refractivity contribution in [1.29, 1.82) is 0 Å². The van der Waals surface area contributed by atoms with Crippen molar-refractivity contribution in [2.75, 3.05) is 24.3 Å². The molecule has 0 fully saturated rings. The Kier molecular flexibility index (Phi) is 3.34. The number of hydrogen-bond donors (Lipinski definition) is 1. The lowest BCUT2D eigenvalue weighted by Gasteiger charge is -2.27. The standard InChI is InChI=1S/C15H21N5/c1-19(2)15-7-8-16-10-13(15)18-12-5-4-6-14-11(12)9-17-20(14)3/h7-10,12,18H,4-6H2,1-3H3. The number of nitrogens with zero attached hydrogens (tertiary/aromatic N) is 4. The van der Waals surface area contributed by atoms with Gasteiger partial charge in [-0.25, -0.2) is 0 Å². The van der Waals surface area contributed by atoms with Crippen molar-refractivity contribution in [3.05, 3.63) is 35.9 Å². The molecule has 0 saturated heterocycles. The van der Waals surface area contributed by atoms with E-state index in [1.807, 2.05) is 36.4 Å². The molecular formula is C15H21N5. The molecule has 0 aromatic carbocycles. The van der Waals surface area contributed by atoms with Crippen molar-refractivity contribution in [3.8, 4) is 0 Å². The highest BCUT2D eigenvalue weighted by Crippen LogP contribution is 2.34. The molecule has 2 aromatic rings. The zero-order chi connectivity index (χ0) is 14.1. The van der Waals surface area contributed by atoms with Gasteiger partial charge in [-0.05, 0) is 25.3 Å². The molecule has 0 amide bonds. The van der Waals surface area contributed by atoms with Gasteiger partial charge in [-0.15, -0.1) is 0 Å². The van der Waals surface area contributed by atoms with Crippen molar-refractivity contribution in [3.63, 3.8) is 0 Å². The second-order valence-electron chi connectivity index (χ2n) is 5.55. The number of hydrogen-bond acceptors (Lipinski definition) is 4. The minimum absolute atomic E-state index is 0.329. The average Bonchev–Trinajstić information content (AvgIpc) is 2.82. The van der Waals surface area contributed by atoms with Crippen molar-refractivity contribution < 1.29 is 0 Å². The predicted octanol–water partition coefficient (Wildman–Crippen LogP) is 2.37.